The molecule has 0 aliphatic carbocycles. The van der Waals surface area contributed by atoms with Gasteiger partial charge in [0.2, 0.25) is 0 Å². The standard InChI is InChI=1S/C24H27N3/c1-19-7-2-3-9-21(19)15-23-12-11-22(17-26-23)24-10-4-5-14-27(24)18-20-8-6-13-25-16-20/h2-3,6-9,11-13,16-17,24H,4-5,10,14-15,18H2,1H3. The summed E-state index contributed by atoms with van der Waals surface area (Å²) in [7, 11) is 0. The lowest BCUT2D eigenvalue weighted by Gasteiger charge is -2.36. The summed E-state index contributed by atoms with van der Waals surface area (Å²) in [5, 5.41) is 0. The highest BCUT2D eigenvalue weighted by atomic mass is 15.2. The average Bonchev–Trinajstić information content (AvgIpc) is 2.72. The highest BCUT2D eigenvalue weighted by Crippen LogP contribution is 2.32. The van der Waals surface area contributed by atoms with Gasteiger partial charge in [0.15, 0.2) is 0 Å². The van der Waals surface area contributed by atoms with Gasteiger partial charge < -0.3 is 0 Å². The topological polar surface area (TPSA) is 29.0 Å². The monoisotopic (exact) mass is 357 g/mol. The molecule has 0 radical (unpaired) electrons. The van der Waals surface area contributed by atoms with Crippen molar-refractivity contribution in [2.24, 2.45) is 0 Å². The van der Waals surface area contributed by atoms with E-state index in [0.717, 1.165) is 25.2 Å². The van der Waals surface area contributed by atoms with E-state index in [1.165, 1.54) is 41.5 Å². The van der Waals surface area contributed by atoms with Gasteiger partial charge in [-0.05, 0) is 60.7 Å². The molecule has 27 heavy (non-hydrogen) atoms. The summed E-state index contributed by atoms with van der Waals surface area (Å²) in [5.41, 5.74) is 6.45. The highest BCUT2D eigenvalue weighted by Gasteiger charge is 2.24. The number of aromatic nitrogens is 2. The zero-order valence-corrected chi connectivity index (χ0v) is 16.0. The first-order valence-electron chi connectivity index (χ1n) is 9.92. The Balaban J connectivity index is 1.48. The largest absolute Gasteiger partial charge is 0.292 e. The fourth-order valence-electron chi connectivity index (χ4n) is 4.03. The Kier molecular flexibility index (Phi) is 5.59. The molecule has 0 spiro atoms. The number of benzene rings is 1. The quantitative estimate of drug-likeness (QED) is 0.636. The molecule has 1 atom stereocenters. The molecule has 0 amide bonds. The van der Waals surface area contributed by atoms with Crippen LogP contribution in [0, 0.1) is 6.92 Å². The Morgan fingerprint density at radius 2 is 1.93 bits per heavy atom. The SMILES string of the molecule is Cc1ccccc1Cc1ccc(C2CCCCN2Cc2cccnc2)cn1. The number of hydrogen-bond acceptors (Lipinski definition) is 3. The number of pyridine rings is 2. The Morgan fingerprint density at radius 1 is 1.00 bits per heavy atom. The van der Waals surface area contributed by atoms with Crippen LogP contribution in [0.3, 0.4) is 0 Å². The van der Waals surface area contributed by atoms with Crippen molar-refractivity contribution in [3.8, 4) is 0 Å². The van der Waals surface area contributed by atoms with E-state index in [9.17, 15) is 0 Å². The average molecular weight is 358 g/mol. The van der Waals surface area contributed by atoms with E-state index in [1.807, 2.05) is 18.5 Å². The van der Waals surface area contributed by atoms with Crippen molar-refractivity contribution in [1.29, 1.82) is 0 Å². The van der Waals surface area contributed by atoms with Crippen LogP contribution < -0.4 is 0 Å². The minimum Gasteiger partial charge on any atom is -0.292 e. The summed E-state index contributed by atoms with van der Waals surface area (Å²) in [4.78, 5) is 11.6. The lowest BCUT2D eigenvalue weighted by Crippen LogP contribution is -2.33. The molecule has 0 saturated carbocycles. The Labute approximate surface area is 162 Å². The third-order valence-corrected chi connectivity index (χ3v) is 5.59. The van der Waals surface area contributed by atoms with Crippen LogP contribution in [0.4, 0.5) is 0 Å². The van der Waals surface area contributed by atoms with E-state index in [-0.39, 0.29) is 0 Å². The number of piperidine rings is 1. The summed E-state index contributed by atoms with van der Waals surface area (Å²) in [6, 6.07) is 17.7. The number of nitrogens with zero attached hydrogens (tertiary/aromatic N) is 3. The molecule has 1 saturated heterocycles. The maximum Gasteiger partial charge on any atom is 0.0447 e. The van der Waals surface area contributed by atoms with Crippen LogP contribution >= 0.6 is 0 Å². The number of likely N-dealkylation sites (tertiary alicyclic amines) is 1. The second-order valence-corrected chi connectivity index (χ2v) is 7.53. The molecule has 0 bridgehead atoms. The van der Waals surface area contributed by atoms with Crippen LogP contribution in [0.2, 0.25) is 0 Å². The zero-order valence-electron chi connectivity index (χ0n) is 16.0. The predicted molar refractivity (Wildman–Crippen MR) is 109 cm³/mol. The molecule has 2 aromatic heterocycles. The second-order valence-electron chi connectivity index (χ2n) is 7.53. The highest BCUT2D eigenvalue weighted by molar-refractivity contribution is 5.30. The van der Waals surface area contributed by atoms with Crippen molar-refractivity contribution in [1.82, 2.24) is 14.9 Å². The van der Waals surface area contributed by atoms with E-state index in [1.54, 1.807) is 0 Å². The summed E-state index contributed by atoms with van der Waals surface area (Å²) in [5.74, 6) is 0. The lowest BCUT2D eigenvalue weighted by molar-refractivity contribution is 0.140. The summed E-state index contributed by atoms with van der Waals surface area (Å²) in [6.07, 6.45) is 10.6. The fraction of sp³-hybridized carbons (Fsp3) is 0.333. The third-order valence-electron chi connectivity index (χ3n) is 5.59. The van der Waals surface area contributed by atoms with Gasteiger partial charge in [-0.3, -0.25) is 14.9 Å². The molecule has 1 unspecified atom stereocenters. The van der Waals surface area contributed by atoms with Crippen molar-refractivity contribution >= 4 is 0 Å². The molecule has 3 heterocycles. The molecular formula is C24H27N3. The van der Waals surface area contributed by atoms with Gasteiger partial charge in [-0.2, -0.15) is 0 Å². The first-order chi connectivity index (χ1) is 13.3. The number of rotatable bonds is 5. The van der Waals surface area contributed by atoms with E-state index in [4.69, 9.17) is 4.98 Å². The first-order valence-corrected chi connectivity index (χ1v) is 9.92. The van der Waals surface area contributed by atoms with E-state index in [2.05, 4.69) is 65.5 Å². The molecule has 3 aromatic rings. The normalized spacial score (nSPS) is 17.7. The maximum absolute atomic E-state index is 4.79. The Morgan fingerprint density at radius 3 is 2.70 bits per heavy atom. The van der Waals surface area contributed by atoms with Crippen LogP contribution in [0.5, 0.6) is 0 Å². The third kappa shape index (κ3) is 4.42. The van der Waals surface area contributed by atoms with E-state index < -0.39 is 0 Å². The molecule has 138 valence electrons. The van der Waals surface area contributed by atoms with Crippen LogP contribution in [-0.2, 0) is 13.0 Å². The first kappa shape index (κ1) is 17.9. The van der Waals surface area contributed by atoms with E-state index in [0.29, 0.717) is 6.04 Å². The summed E-state index contributed by atoms with van der Waals surface area (Å²) < 4.78 is 0. The van der Waals surface area contributed by atoms with Gasteiger partial charge >= 0.3 is 0 Å². The number of hydrogen-bond donors (Lipinski definition) is 0. The zero-order chi connectivity index (χ0) is 18.5. The van der Waals surface area contributed by atoms with Gasteiger partial charge in [-0.1, -0.05) is 42.8 Å². The van der Waals surface area contributed by atoms with Gasteiger partial charge in [0.25, 0.3) is 0 Å². The van der Waals surface area contributed by atoms with Gasteiger partial charge in [-0.25, -0.2) is 0 Å². The maximum atomic E-state index is 4.79. The second kappa shape index (κ2) is 8.45. The molecule has 1 aliphatic heterocycles. The van der Waals surface area contributed by atoms with Crippen LogP contribution in [-0.4, -0.2) is 21.4 Å². The van der Waals surface area contributed by atoms with Gasteiger partial charge in [0, 0.05) is 43.3 Å². The van der Waals surface area contributed by atoms with E-state index >= 15 is 0 Å². The van der Waals surface area contributed by atoms with Crippen molar-refractivity contribution in [2.45, 2.75) is 45.2 Å². The molecule has 4 rings (SSSR count). The Hall–Kier alpha value is -2.52. The fourth-order valence-corrected chi connectivity index (χ4v) is 4.03. The van der Waals surface area contributed by atoms with Crippen molar-refractivity contribution in [3.05, 3.63) is 95.1 Å². The Bertz CT molecular complexity index is 858. The summed E-state index contributed by atoms with van der Waals surface area (Å²) in [6.45, 7) is 4.27. The lowest BCUT2D eigenvalue weighted by atomic mass is 9.95. The van der Waals surface area contributed by atoms with Crippen molar-refractivity contribution < 1.29 is 0 Å². The van der Waals surface area contributed by atoms with Crippen LogP contribution in [0.1, 0.15) is 53.3 Å². The van der Waals surface area contributed by atoms with Crippen molar-refractivity contribution in [2.75, 3.05) is 6.54 Å². The van der Waals surface area contributed by atoms with Crippen LogP contribution in [0.25, 0.3) is 0 Å². The molecule has 1 aliphatic rings. The molecular weight excluding hydrogens is 330 g/mol. The predicted octanol–water partition coefficient (Wildman–Crippen LogP) is 5.10. The molecule has 1 fully saturated rings. The molecule has 1 aromatic carbocycles. The summed E-state index contributed by atoms with van der Waals surface area (Å²) >= 11 is 0. The molecule has 3 heteroatoms. The number of aryl methyl sites for hydroxylation is 1. The minimum atomic E-state index is 0.457. The smallest absolute Gasteiger partial charge is 0.0447 e. The minimum absolute atomic E-state index is 0.457. The molecule has 3 nitrogen and oxygen atoms in total. The van der Waals surface area contributed by atoms with Gasteiger partial charge in [-0.15, -0.1) is 0 Å². The molecule has 0 N–H and O–H groups in total. The van der Waals surface area contributed by atoms with Gasteiger partial charge in [0.1, 0.15) is 0 Å². The van der Waals surface area contributed by atoms with Gasteiger partial charge in [0.05, 0.1) is 0 Å². The van der Waals surface area contributed by atoms with Crippen LogP contribution in [0.15, 0.2) is 67.1 Å². The van der Waals surface area contributed by atoms with Crippen molar-refractivity contribution in [3.63, 3.8) is 0 Å².